The van der Waals surface area contributed by atoms with Crippen LogP contribution in [0.3, 0.4) is 0 Å². The molecule has 0 aliphatic carbocycles. The van der Waals surface area contributed by atoms with Crippen LogP contribution in [-0.2, 0) is 32.6 Å². The van der Waals surface area contributed by atoms with Gasteiger partial charge in [0.2, 0.25) is 21.8 Å². The Hall–Kier alpha value is -2.91. The molecule has 9 heteroatoms. The van der Waals surface area contributed by atoms with Crippen LogP contribution in [0.4, 0.5) is 5.69 Å². The molecule has 0 radical (unpaired) electrons. The van der Waals surface area contributed by atoms with Gasteiger partial charge in [0.25, 0.3) is 0 Å². The number of carbonyl (C=O) groups is 2. The van der Waals surface area contributed by atoms with Crippen molar-refractivity contribution in [1.82, 2.24) is 9.21 Å². The predicted molar refractivity (Wildman–Crippen MR) is 131 cm³/mol. The fourth-order valence-electron chi connectivity index (χ4n) is 3.97. The largest absolute Gasteiger partial charge is 0.492 e. The van der Waals surface area contributed by atoms with Crippen LogP contribution >= 0.6 is 0 Å². The van der Waals surface area contributed by atoms with Gasteiger partial charge < -0.3 is 15.0 Å². The molecule has 1 N–H and O–H groups in total. The number of benzene rings is 2. The molecule has 1 heterocycles. The second kappa shape index (κ2) is 10.6. The van der Waals surface area contributed by atoms with E-state index in [0.717, 1.165) is 15.4 Å². The Kier molecular flexibility index (Phi) is 7.99. The second-order valence-corrected chi connectivity index (χ2v) is 11.1. The van der Waals surface area contributed by atoms with Crippen molar-refractivity contribution < 1.29 is 22.7 Å². The maximum Gasteiger partial charge on any atom is 0.247 e. The predicted octanol–water partition coefficient (Wildman–Crippen LogP) is 3.27. The van der Waals surface area contributed by atoms with Crippen LogP contribution in [0.25, 0.3) is 0 Å². The lowest BCUT2D eigenvalue weighted by molar-refractivity contribution is -0.140. The molecule has 1 aliphatic rings. The standard InChI is InChI=1S/C25H33N3O5S/c1-6-33-22-12-11-20(15-23(22)34(31,32)27(4)5)26-25(30)21-14-18-9-7-8-10-19(18)16-28(21)24(29)13-17(2)3/h7-12,15,17,21H,6,13-14,16H2,1-5H3,(H,26,30). The topological polar surface area (TPSA) is 96.0 Å². The van der Waals surface area contributed by atoms with E-state index in [-0.39, 0.29) is 28.4 Å². The van der Waals surface area contributed by atoms with Crippen molar-refractivity contribution in [2.45, 2.75) is 51.1 Å². The lowest BCUT2D eigenvalue weighted by Crippen LogP contribution is -2.50. The van der Waals surface area contributed by atoms with Crippen molar-refractivity contribution in [2.75, 3.05) is 26.0 Å². The van der Waals surface area contributed by atoms with Crippen molar-refractivity contribution >= 4 is 27.5 Å². The molecule has 2 aromatic carbocycles. The van der Waals surface area contributed by atoms with Gasteiger partial charge in [-0.15, -0.1) is 0 Å². The first-order chi connectivity index (χ1) is 16.0. The normalized spacial score (nSPS) is 15.9. The Morgan fingerprint density at radius 1 is 1.15 bits per heavy atom. The van der Waals surface area contributed by atoms with Crippen LogP contribution in [0.15, 0.2) is 47.4 Å². The van der Waals surface area contributed by atoms with Crippen LogP contribution in [-0.4, -0.2) is 56.2 Å². The monoisotopic (exact) mass is 487 g/mol. The summed E-state index contributed by atoms with van der Waals surface area (Å²) in [6, 6.07) is 11.6. The van der Waals surface area contributed by atoms with Crippen LogP contribution in [0.2, 0.25) is 0 Å². The third-order valence-electron chi connectivity index (χ3n) is 5.72. The Balaban J connectivity index is 1.92. The summed E-state index contributed by atoms with van der Waals surface area (Å²) < 4.78 is 32.3. The zero-order valence-corrected chi connectivity index (χ0v) is 21.2. The van der Waals surface area contributed by atoms with Gasteiger partial charge in [-0.1, -0.05) is 38.1 Å². The van der Waals surface area contributed by atoms with E-state index in [1.807, 2.05) is 38.1 Å². The highest BCUT2D eigenvalue weighted by molar-refractivity contribution is 7.89. The number of anilines is 1. The zero-order chi connectivity index (χ0) is 25.0. The minimum atomic E-state index is -3.80. The third kappa shape index (κ3) is 5.59. The molecule has 1 atom stereocenters. The minimum Gasteiger partial charge on any atom is -0.492 e. The Morgan fingerprint density at radius 3 is 2.44 bits per heavy atom. The van der Waals surface area contributed by atoms with Gasteiger partial charge in [0.15, 0.2) is 0 Å². The summed E-state index contributed by atoms with van der Waals surface area (Å²) in [7, 11) is -0.921. The van der Waals surface area contributed by atoms with E-state index in [4.69, 9.17) is 4.74 Å². The van der Waals surface area contributed by atoms with E-state index in [1.54, 1.807) is 17.9 Å². The van der Waals surface area contributed by atoms with Crippen LogP contribution in [0.1, 0.15) is 38.3 Å². The Labute approximate surface area is 201 Å². The number of sulfonamides is 1. The number of hydrogen-bond acceptors (Lipinski definition) is 5. The molecule has 2 amide bonds. The summed E-state index contributed by atoms with van der Waals surface area (Å²) in [5.41, 5.74) is 2.38. The zero-order valence-electron chi connectivity index (χ0n) is 20.4. The SMILES string of the molecule is CCOc1ccc(NC(=O)C2Cc3ccccc3CN2C(=O)CC(C)C)cc1S(=O)(=O)N(C)C. The number of ether oxygens (including phenoxy) is 1. The van der Waals surface area contributed by atoms with Crippen molar-refractivity contribution in [3.8, 4) is 5.75 Å². The first-order valence-electron chi connectivity index (χ1n) is 11.4. The number of nitrogens with zero attached hydrogens (tertiary/aromatic N) is 2. The molecule has 1 unspecified atom stereocenters. The highest BCUT2D eigenvalue weighted by Crippen LogP contribution is 2.30. The summed E-state index contributed by atoms with van der Waals surface area (Å²) in [6.45, 7) is 6.37. The molecule has 3 rings (SSSR count). The highest BCUT2D eigenvalue weighted by atomic mass is 32.2. The summed E-state index contributed by atoms with van der Waals surface area (Å²) in [6.07, 6.45) is 0.742. The van der Waals surface area contributed by atoms with Gasteiger partial charge in [0.05, 0.1) is 6.61 Å². The quantitative estimate of drug-likeness (QED) is 0.617. The summed E-state index contributed by atoms with van der Waals surface area (Å²) in [5.74, 6) is -0.0518. The van der Waals surface area contributed by atoms with Crippen molar-refractivity contribution in [2.24, 2.45) is 5.92 Å². The third-order valence-corrected chi connectivity index (χ3v) is 7.56. The molecular formula is C25H33N3O5S. The van der Waals surface area contributed by atoms with E-state index >= 15 is 0 Å². The van der Waals surface area contributed by atoms with Crippen molar-refractivity contribution in [3.63, 3.8) is 0 Å². The fourth-order valence-corrected chi connectivity index (χ4v) is 5.02. The molecule has 2 aromatic rings. The van der Waals surface area contributed by atoms with Crippen LogP contribution in [0, 0.1) is 5.92 Å². The number of hydrogen-bond donors (Lipinski definition) is 1. The highest BCUT2D eigenvalue weighted by Gasteiger charge is 2.35. The van der Waals surface area contributed by atoms with Crippen molar-refractivity contribution in [3.05, 3.63) is 53.6 Å². The lowest BCUT2D eigenvalue weighted by atomic mass is 9.92. The average Bonchev–Trinajstić information content (AvgIpc) is 2.78. The second-order valence-electron chi connectivity index (χ2n) is 8.98. The number of nitrogens with one attached hydrogen (secondary N) is 1. The molecular weight excluding hydrogens is 454 g/mol. The average molecular weight is 488 g/mol. The van der Waals surface area contributed by atoms with Gasteiger partial charge in [0, 0.05) is 39.2 Å². The molecule has 0 saturated heterocycles. The van der Waals surface area contributed by atoms with Gasteiger partial charge >= 0.3 is 0 Å². The Bertz CT molecular complexity index is 1160. The summed E-state index contributed by atoms with van der Waals surface area (Å²) >= 11 is 0. The number of amides is 2. The molecule has 34 heavy (non-hydrogen) atoms. The van der Waals surface area contributed by atoms with Crippen LogP contribution < -0.4 is 10.1 Å². The molecule has 0 saturated carbocycles. The Morgan fingerprint density at radius 2 is 1.82 bits per heavy atom. The fraction of sp³-hybridized carbons (Fsp3) is 0.440. The van der Waals surface area contributed by atoms with Gasteiger partial charge in [0.1, 0.15) is 16.7 Å². The number of rotatable bonds is 8. The molecule has 0 fully saturated rings. The van der Waals surface area contributed by atoms with E-state index in [9.17, 15) is 18.0 Å². The van der Waals surface area contributed by atoms with Gasteiger partial charge in [-0.25, -0.2) is 12.7 Å². The number of fused-ring (bicyclic) bond motifs is 1. The molecule has 0 aromatic heterocycles. The molecule has 0 spiro atoms. The maximum absolute atomic E-state index is 13.4. The first kappa shape index (κ1) is 25.7. The first-order valence-corrected chi connectivity index (χ1v) is 12.8. The lowest BCUT2D eigenvalue weighted by Gasteiger charge is -2.36. The number of carbonyl (C=O) groups excluding carboxylic acids is 2. The summed E-state index contributed by atoms with van der Waals surface area (Å²) in [5, 5.41) is 2.83. The van der Waals surface area contributed by atoms with Crippen LogP contribution in [0.5, 0.6) is 5.75 Å². The smallest absolute Gasteiger partial charge is 0.247 e. The van der Waals surface area contributed by atoms with Crippen molar-refractivity contribution in [1.29, 1.82) is 0 Å². The van der Waals surface area contributed by atoms with E-state index in [1.165, 1.54) is 26.2 Å². The van der Waals surface area contributed by atoms with E-state index in [0.29, 0.717) is 31.7 Å². The molecule has 184 valence electrons. The minimum absolute atomic E-state index is 0.0288. The molecule has 0 bridgehead atoms. The van der Waals surface area contributed by atoms with E-state index in [2.05, 4.69) is 5.32 Å². The van der Waals surface area contributed by atoms with Gasteiger partial charge in [-0.05, 0) is 42.2 Å². The molecule has 8 nitrogen and oxygen atoms in total. The van der Waals surface area contributed by atoms with Gasteiger partial charge in [-0.2, -0.15) is 0 Å². The summed E-state index contributed by atoms with van der Waals surface area (Å²) in [4.78, 5) is 28.0. The molecule has 1 aliphatic heterocycles. The maximum atomic E-state index is 13.4. The van der Waals surface area contributed by atoms with E-state index < -0.39 is 16.1 Å². The van der Waals surface area contributed by atoms with Gasteiger partial charge in [-0.3, -0.25) is 9.59 Å².